The summed E-state index contributed by atoms with van der Waals surface area (Å²) in [6.45, 7) is 0.960. The third-order valence-corrected chi connectivity index (χ3v) is 3.20. The van der Waals surface area contributed by atoms with Crippen LogP contribution in [0.3, 0.4) is 0 Å². The van der Waals surface area contributed by atoms with Gasteiger partial charge in [0.15, 0.2) is 0 Å². The van der Waals surface area contributed by atoms with Gasteiger partial charge in [-0.05, 0) is 35.4 Å². The first-order valence-corrected chi connectivity index (χ1v) is 6.81. The molecule has 0 bridgehead atoms. The van der Waals surface area contributed by atoms with Crippen molar-refractivity contribution in [2.24, 2.45) is 5.73 Å². The monoisotopic (exact) mass is 291 g/mol. The highest BCUT2D eigenvalue weighted by Gasteiger charge is 2.11. The minimum atomic E-state index is -0.190. The van der Waals surface area contributed by atoms with Crippen molar-refractivity contribution in [1.29, 1.82) is 0 Å². The number of nitrogens with two attached hydrogens (primary N) is 1. The number of hydrogen-bond donors (Lipinski definition) is 1. The fourth-order valence-corrected chi connectivity index (χ4v) is 2.10. The fourth-order valence-electron chi connectivity index (χ4n) is 1.97. The van der Waals surface area contributed by atoms with E-state index >= 15 is 0 Å². The molecule has 1 atom stereocenters. The smallest absolute Gasteiger partial charge is 0.136 e. The van der Waals surface area contributed by atoms with Gasteiger partial charge < -0.3 is 15.2 Å². The van der Waals surface area contributed by atoms with Gasteiger partial charge in [-0.3, -0.25) is 0 Å². The van der Waals surface area contributed by atoms with Gasteiger partial charge in [-0.25, -0.2) is 0 Å². The molecule has 0 saturated heterocycles. The summed E-state index contributed by atoms with van der Waals surface area (Å²) in [4.78, 5) is 0. The lowest BCUT2D eigenvalue weighted by Gasteiger charge is -2.18. The second kappa shape index (κ2) is 7.29. The standard InChI is InChI=1S/C16H18ClNO2/c1-19-11-12-3-2-4-15(9-12)20-16(10-18)13-5-7-14(17)8-6-13/h2-9,16H,10-11,18H2,1H3. The van der Waals surface area contributed by atoms with E-state index in [1.165, 1.54) is 0 Å². The zero-order valence-electron chi connectivity index (χ0n) is 11.4. The predicted octanol–water partition coefficient (Wildman–Crippen LogP) is 3.57. The average molecular weight is 292 g/mol. The lowest BCUT2D eigenvalue weighted by atomic mass is 10.1. The number of methoxy groups -OCH3 is 1. The van der Waals surface area contributed by atoms with Crippen molar-refractivity contribution in [2.45, 2.75) is 12.7 Å². The van der Waals surface area contributed by atoms with Gasteiger partial charge in [0.1, 0.15) is 11.9 Å². The van der Waals surface area contributed by atoms with Gasteiger partial charge >= 0.3 is 0 Å². The maximum absolute atomic E-state index is 5.95. The van der Waals surface area contributed by atoms with Gasteiger partial charge in [0.05, 0.1) is 6.61 Å². The fraction of sp³-hybridized carbons (Fsp3) is 0.250. The molecule has 0 spiro atoms. The topological polar surface area (TPSA) is 44.5 Å². The number of hydrogen-bond acceptors (Lipinski definition) is 3. The normalized spacial score (nSPS) is 12.2. The van der Waals surface area contributed by atoms with Gasteiger partial charge in [0, 0.05) is 18.7 Å². The first-order chi connectivity index (χ1) is 9.72. The molecule has 2 aromatic rings. The quantitative estimate of drug-likeness (QED) is 0.885. The van der Waals surface area contributed by atoms with E-state index in [1.54, 1.807) is 7.11 Å². The summed E-state index contributed by atoms with van der Waals surface area (Å²) in [6, 6.07) is 15.3. The van der Waals surface area contributed by atoms with Gasteiger partial charge in [0.2, 0.25) is 0 Å². The molecule has 0 amide bonds. The summed E-state index contributed by atoms with van der Waals surface area (Å²) in [5.41, 5.74) is 7.88. The van der Waals surface area contributed by atoms with Crippen LogP contribution in [0.25, 0.3) is 0 Å². The zero-order valence-corrected chi connectivity index (χ0v) is 12.1. The molecule has 0 heterocycles. The Balaban J connectivity index is 2.13. The molecule has 106 valence electrons. The van der Waals surface area contributed by atoms with E-state index in [0.29, 0.717) is 18.2 Å². The van der Waals surface area contributed by atoms with Crippen LogP contribution < -0.4 is 10.5 Å². The average Bonchev–Trinajstić information content (AvgIpc) is 2.47. The van der Waals surface area contributed by atoms with E-state index in [1.807, 2.05) is 48.5 Å². The van der Waals surface area contributed by atoms with E-state index in [9.17, 15) is 0 Å². The maximum atomic E-state index is 5.95. The predicted molar refractivity (Wildman–Crippen MR) is 81.0 cm³/mol. The molecule has 0 radical (unpaired) electrons. The van der Waals surface area contributed by atoms with Crippen LogP contribution in [0.5, 0.6) is 5.75 Å². The molecule has 20 heavy (non-hydrogen) atoms. The molecule has 2 rings (SSSR count). The lowest BCUT2D eigenvalue weighted by molar-refractivity contribution is 0.183. The second-order valence-corrected chi connectivity index (χ2v) is 4.91. The minimum absolute atomic E-state index is 0.190. The molecule has 0 saturated carbocycles. The second-order valence-electron chi connectivity index (χ2n) is 4.47. The van der Waals surface area contributed by atoms with Crippen molar-refractivity contribution in [2.75, 3.05) is 13.7 Å². The molecule has 0 fully saturated rings. The summed E-state index contributed by atoms with van der Waals surface area (Å²) in [7, 11) is 1.67. The molecule has 1 unspecified atom stereocenters. The summed E-state index contributed by atoms with van der Waals surface area (Å²) in [5, 5.41) is 0.701. The van der Waals surface area contributed by atoms with E-state index in [0.717, 1.165) is 16.9 Å². The molecule has 2 N–H and O–H groups in total. The van der Waals surface area contributed by atoms with Crippen molar-refractivity contribution in [3.8, 4) is 5.75 Å². The Bertz CT molecular complexity index is 542. The largest absolute Gasteiger partial charge is 0.484 e. The van der Waals surface area contributed by atoms with Crippen LogP contribution in [0.2, 0.25) is 5.02 Å². The van der Waals surface area contributed by atoms with Crippen molar-refractivity contribution in [3.63, 3.8) is 0 Å². The summed E-state index contributed by atoms with van der Waals surface area (Å²) >= 11 is 5.89. The minimum Gasteiger partial charge on any atom is -0.484 e. The highest BCUT2D eigenvalue weighted by molar-refractivity contribution is 6.30. The van der Waals surface area contributed by atoms with Gasteiger partial charge in [-0.1, -0.05) is 35.9 Å². The van der Waals surface area contributed by atoms with E-state index in [-0.39, 0.29) is 6.10 Å². The van der Waals surface area contributed by atoms with Gasteiger partial charge in [-0.15, -0.1) is 0 Å². The highest BCUT2D eigenvalue weighted by Crippen LogP contribution is 2.23. The number of benzene rings is 2. The number of halogens is 1. The Morgan fingerprint density at radius 2 is 1.90 bits per heavy atom. The van der Waals surface area contributed by atoms with Crippen LogP contribution in [0.4, 0.5) is 0 Å². The Morgan fingerprint density at radius 1 is 1.15 bits per heavy atom. The van der Waals surface area contributed by atoms with Crippen molar-refractivity contribution < 1.29 is 9.47 Å². The molecule has 0 aromatic heterocycles. The SMILES string of the molecule is COCc1cccc(OC(CN)c2ccc(Cl)cc2)c1. The molecule has 0 aliphatic carbocycles. The van der Waals surface area contributed by atoms with E-state index in [2.05, 4.69) is 0 Å². The van der Waals surface area contributed by atoms with Crippen molar-refractivity contribution in [3.05, 3.63) is 64.7 Å². The van der Waals surface area contributed by atoms with Crippen LogP contribution in [0.1, 0.15) is 17.2 Å². The van der Waals surface area contributed by atoms with Crippen LogP contribution >= 0.6 is 11.6 Å². The summed E-state index contributed by atoms with van der Waals surface area (Å²) in [6.07, 6.45) is -0.190. The Kier molecular flexibility index (Phi) is 5.41. The third kappa shape index (κ3) is 3.97. The van der Waals surface area contributed by atoms with Crippen LogP contribution in [-0.4, -0.2) is 13.7 Å². The molecule has 0 aliphatic heterocycles. The maximum Gasteiger partial charge on any atom is 0.136 e. The Labute approximate surface area is 124 Å². The first kappa shape index (κ1) is 14.9. The number of ether oxygens (including phenoxy) is 2. The van der Waals surface area contributed by atoms with Crippen LogP contribution in [0, 0.1) is 0 Å². The number of rotatable bonds is 6. The molecule has 3 nitrogen and oxygen atoms in total. The van der Waals surface area contributed by atoms with Crippen LogP contribution in [0.15, 0.2) is 48.5 Å². The molecule has 4 heteroatoms. The Morgan fingerprint density at radius 3 is 2.55 bits per heavy atom. The molecule has 0 aliphatic rings. The van der Waals surface area contributed by atoms with E-state index in [4.69, 9.17) is 26.8 Å². The lowest BCUT2D eigenvalue weighted by Crippen LogP contribution is -2.18. The highest BCUT2D eigenvalue weighted by atomic mass is 35.5. The third-order valence-electron chi connectivity index (χ3n) is 2.94. The summed E-state index contributed by atoms with van der Waals surface area (Å²) < 4.78 is 11.1. The Hall–Kier alpha value is -1.55. The summed E-state index contributed by atoms with van der Waals surface area (Å²) in [5.74, 6) is 0.782. The first-order valence-electron chi connectivity index (χ1n) is 6.43. The van der Waals surface area contributed by atoms with Crippen molar-refractivity contribution >= 4 is 11.6 Å². The zero-order chi connectivity index (χ0) is 14.4. The van der Waals surface area contributed by atoms with Gasteiger partial charge in [0.25, 0.3) is 0 Å². The molecular weight excluding hydrogens is 274 g/mol. The van der Waals surface area contributed by atoms with Gasteiger partial charge in [-0.2, -0.15) is 0 Å². The molecule has 2 aromatic carbocycles. The van der Waals surface area contributed by atoms with E-state index < -0.39 is 0 Å². The molecular formula is C16H18ClNO2. The van der Waals surface area contributed by atoms with Crippen LogP contribution in [-0.2, 0) is 11.3 Å². The van der Waals surface area contributed by atoms with Crippen molar-refractivity contribution in [1.82, 2.24) is 0 Å².